The van der Waals surface area contributed by atoms with Crippen LogP contribution < -0.4 is 10.2 Å². The minimum absolute atomic E-state index is 0. The Morgan fingerprint density at radius 3 is 2.72 bits per heavy atom. The van der Waals surface area contributed by atoms with E-state index in [-0.39, 0.29) is 36.6 Å². The van der Waals surface area contributed by atoms with Crippen LogP contribution in [0.15, 0.2) is 42.5 Å². The molecule has 2 aromatic rings. The Morgan fingerprint density at radius 1 is 1.24 bits per heavy atom. The summed E-state index contributed by atoms with van der Waals surface area (Å²) >= 11 is 0. The molecule has 1 N–H and O–H groups in total. The van der Waals surface area contributed by atoms with Gasteiger partial charge in [-0.2, -0.15) is 0 Å². The van der Waals surface area contributed by atoms with Crippen molar-refractivity contribution in [3.8, 4) is 0 Å². The lowest BCUT2D eigenvalue weighted by molar-refractivity contribution is -0.134. The molecule has 25 heavy (non-hydrogen) atoms. The van der Waals surface area contributed by atoms with Crippen molar-refractivity contribution in [1.29, 1.82) is 0 Å². The topological polar surface area (TPSA) is 52.7 Å². The van der Waals surface area contributed by atoms with E-state index in [9.17, 15) is 9.59 Å². The van der Waals surface area contributed by atoms with E-state index in [4.69, 9.17) is 0 Å². The number of likely N-dealkylation sites (N-methyl/N-ethyl adjacent to an activating group) is 2. The predicted octanol–water partition coefficient (Wildman–Crippen LogP) is 2.29. The van der Waals surface area contributed by atoms with Crippen LogP contribution in [0.25, 0.3) is 10.8 Å². The average molecular weight is 362 g/mol. The zero-order valence-corrected chi connectivity index (χ0v) is 15.4. The second kappa shape index (κ2) is 8.32. The lowest BCUT2D eigenvalue weighted by Gasteiger charge is -2.22. The first-order valence-electron chi connectivity index (χ1n) is 8.29. The van der Waals surface area contributed by atoms with Gasteiger partial charge in [-0.1, -0.05) is 36.4 Å². The molecule has 0 bridgehead atoms. The summed E-state index contributed by atoms with van der Waals surface area (Å²) < 4.78 is 0. The van der Waals surface area contributed by atoms with Gasteiger partial charge in [0.05, 0.1) is 11.6 Å². The fraction of sp³-hybridized carbons (Fsp3) is 0.368. The number of nitrogens with zero attached hydrogens (tertiary/aromatic N) is 2. The lowest BCUT2D eigenvalue weighted by Crippen LogP contribution is -2.38. The number of anilines is 1. The molecular weight excluding hydrogens is 338 g/mol. The van der Waals surface area contributed by atoms with Crippen molar-refractivity contribution in [3.63, 3.8) is 0 Å². The monoisotopic (exact) mass is 361 g/mol. The lowest BCUT2D eigenvalue weighted by atomic mass is 10.1. The molecule has 134 valence electrons. The molecule has 0 radical (unpaired) electrons. The molecule has 0 aromatic heterocycles. The number of benzene rings is 2. The van der Waals surface area contributed by atoms with Crippen LogP contribution in [-0.2, 0) is 9.59 Å². The average Bonchev–Trinajstić information content (AvgIpc) is 3.00. The summed E-state index contributed by atoms with van der Waals surface area (Å²) in [4.78, 5) is 28.5. The van der Waals surface area contributed by atoms with Gasteiger partial charge in [0.25, 0.3) is 0 Å². The van der Waals surface area contributed by atoms with Gasteiger partial charge in [0, 0.05) is 38.5 Å². The summed E-state index contributed by atoms with van der Waals surface area (Å²) in [6.45, 7) is 1.85. The van der Waals surface area contributed by atoms with Crippen LogP contribution in [0.2, 0.25) is 0 Å². The van der Waals surface area contributed by atoms with Crippen molar-refractivity contribution in [2.24, 2.45) is 5.92 Å². The van der Waals surface area contributed by atoms with Crippen molar-refractivity contribution in [1.82, 2.24) is 10.2 Å². The Labute approximate surface area is 154 Å². The quantitative estimate of drug-likeness (QED) is 0.889. The molecule has 0 saturated carbocycles. The maximum atomic E-state index is 12.6. The highest BCUT2D eigenvalue weighted by Gasteiger charge is 2.36. The fourth-order valence-electron chi connectivity index (χ4n) is 3.25. The van der Waals surface area contributed by atoms with Gasteiger partial charge in [0.15, 0.2) is 0 Å². The maximum absolute atomic E-state index is 12.6. The minimum atomic E-state index is -0.265. The largest absolute Gasteiger partial charge is 0.344 e. The van der Waals surface area contributed by atoms with E-state index in [2.05, 4.69) is 5.32 Å². The van der Waals surface area contributed by atoms with Gasteiger partial charge in [0.2, 0.25) is 11.8 Å². The fourth-order valence-corrected chi connectivity index (χ4v) is 3.25. The summed E-state index contributed by atoms with van der Waals surface area (Å²) in [5.41, 5.74) is 0.895. The van der Waals surface area contributed by atoms with Gasteiger partial charge in [-0.15, -0.1) is 12.4 Å². The number of nitrogens with one attached hydrogen (secondary N) is 1. The third-order valence-electron chi connectivity index (χ3n) is 4.61. The van der Waals surface area contributed by atoms with E-state index in [1.54, 1.807) is 16.8 Å². The first-order valence-corrected chi connectivity index (χ1v) is 8.29. The molecule has 1 heterocycles. The van der Waals surface area contributed by atoms with E-state index in [0.717, 1.165) is 23.0 Å². The number of carbonyl (C=O) groups is 2. The minimum Gasteiger partial charge on any atom is -0.344 e. The summed E-state index contributed by atoms with van der Waals surface area (Å²) in [5, 5.41) is 5.18. The van der Waals surface area contributed by atoms with E-state index >= 15 is 0 Å². The van der Waals surface area contributed by atoms with Crippen molar-refractivity contribution in [2.45, 2.75) is 6.42 Å². The van der Waals surface area contributed by atoms with Gasteiger partial charge in [-0.3, -0.25) is 9.59 Å². The van der Waals surface area contributed by atoms with Crippen molar-refractivity contribution >= 4 is 40.7 Å². The van der Waals surface area contributed by atoms with Gasteiger partial charge in [-0.05, 0) is 18.5 Å². The number of halogens is 1. The molecule has 3 rings (SSSR count). The van der Waals surface area contributed by atoms with Crippen molar-refractivity contribution in [3.05, 3.63) is 42.5 Å². The SMILES string of the molecule is CNCCN(C)C(=O)C1CC(=O)N(c2cccc3ccccc23)C1.Cl. The van der Waals surface area contributed by atoms with Gasteiger partial charge < -0.3 is 15.1 Å². The van der Waals surface area contributed by atoms with E-state index in [0.29, 0.717) is 13.1 Å². The molecule has 5 nitrogen and oxygen atoms in total. The number of carbonyl (C=O) groups excluding carboxylic acids is 2. The highest BCUT2D eigenvalue weighted by Crippen LogP contribution is 2.32. The van der Waals surface area contributed by atoms with Crippen LogP contribution in [0.4, 0.5) is 5.69 Å². The first kappa shape index (κ1) is 19.2. The molecule has 1 fully saturated rings. The van der Waals surface area contributed by atoms with Crippen LogP contribution >= 0.6 is 12.4 Å². The van der Waals surface area contributed by atoms with Crippen LogP contribution in [0.3, 0.4) is 0 Å². The number of amides is 2. The molecular formula is C19H24ClN3O2. The zero-order valence-electron chi connectivity index (χ0n) is 14.6. The van der Waals surface area contributed by atoms with Crippen LogP contribution in [0.5, 0.6) is 0 Å². The van der Waals surface area contributed by atoms with E-state index in [1.807, 2.05) is 49.5 Å². The number of hydrogen-bond donors (Lipinski definition) is 1. The zero-order chi connectivity index (χ0) is 17.1. The second-order valence-electron chi connectivity index (χ2n) is 6.27. The Kier molecular flexibility index (Phi) is 6.39. The second-order valence-corrected chi connectivity index (χ2v) is 6.27. The van der Waals surface area contributed by atoms with Gasteiger partial charge in [0.1, 0.15) is 0 Å². The summed E-state index contributed by atoms with van der Waals surface area (Å²) in [7, 11) is 3.66. The van der Waals surface area contributed by atoms with Crippen molar-refractivity contribution < 1.29 is 9.59 Å². The normalized spacial score (nSPS) is 16.8. The Hall–Kier alpha value is -2.11. The smallest absolute Gasteiger partial charge is 0.227 e. The first-order chi connectivity index (χ1) is 11.6. The number of rotatable bonds is 5. The van der Waals surface area contributed by atoms with Crippen LogP contribution in [0.1, 0.15) is 6.42 Å². The van der Waals surface area contributed by atoms with Crippen LogP contribution in [0, 0.1) is 5.92 Å². The molecule has 1 saturated heterocycles. The standard InChI is InChI=1S/C19H23N3O2.ClH/c1-20-10-11-21(2)19(24)15-12-18(23)22(13-15)17-9-5-7-14-6-3-4-8-16(14)17;/h3-9,15,20H,10-13H2,1-2H3;1H. The summed E-state index contributed by atoms with van der Waals surface area (Å²) in [6.07, 6.45) is 0.284. The third kappa shape index (κ3) is 3.94. The molecule has 6 heteroatoms. The highest BCUT2D eigenvalue weighted by atomic mass is 35.5. The van der Waals surface area contributed by atoms with Gasteiger partial charge >= 0.3 is 0 Å². The number of hydrogen-bond acceptors (Lipinski definition) is 3. The summed E-state index contributed by atoms with van der Waals surface area (Å²) in [6, 6.07) is 14.0. The van der Waals surface area contributed by atoms with E-state index < -0.39 is 0 Å². The Balaban J connectivity index is 0.00000225. The van der Waals surface area contributed by atoms with Crippen molar-refractivity contribution in [2.75, 3.05) is 38.6 Å². The number of fused-ring (bicyclic) bond motifs is 1. The maximum Gasteiger partial charge on any atom is 0.227 e. The molecule has 1 aliphatic rings. The summed E-state index contributed by atoms with van der Waals surface area (Å²) in [5.74, 6) is -0.202. The Bertz CT molecular complexity index is 760. The van der Waals surface area contributed by atoms with Gasteiger partial charge in [-0.25, -0.2) is 0 Å². The molecule has 1 unspecified atom stereocenters. The third-order valence-corrected chi connectivity index (χ3v) is 4.61. The van der Waals surface area contributed by atoms with Crippen LogP contribution in [-0.4, -0.2) is 50.4 Å². The molecule has 1 atom stereocenters. The highest BCUT2D eigenvalue weighted by molar-refractivity contribution is 6.06. The predicted molar refractivity (Wildman–Crippen MR) is 103 cm³/mol. The van der Waals surface area contributed by atoms with E-state index in [1.165, 1.54) is 0 Å². The molecule has 0 spiro atoms. The molecule has 0 aliphatic carbocycles. The molecule has 1 aliphatic heterocycles. The molecule has 2 amide bonds. The molecule has 2 aromatic carbocycles. The Morgan fingerprint density at radius 2 is 1.96 bits per heavy atom.